The summed E-state index contributed by atoms with van der Waals surface area (Å²) >= 11 is 0. The minimum absolute atomic E-state index is 0.0700. The Hall–Kier alpha value is -2.67. The van der Waals surface area contributed by atoms with Crippen LogP contribution in [0.15, 0.2) is 66.7 Å². The van der Waals surface area contributed by atoms with Gasteiger partial charge in [0, 0.05) is 11.1 Å². The molecule has 0 fully saturated rings. The van der Waals surface area contributed by atoms with Crippen molar-refractivity contribution in [3.05, 3.63) is 94.5 Å². The molecule has 0 saturated heterocycles. The van der Waals surface area contributed by atoms with E-state index < -0.39 is 0 Å². The van der Waals surface area contributed by atoms with Gasteiger partial charge in [0.2, 0.25) is 0 Å². The topological polar surface area (TPSA) is 17.1 Å². The largest absolute Gasteiger partial charge is 0.289 e. The molecule has 1 nitrogen and oxygen atoms in total. The fourth-order valence-electron chi connectivity index (χ4n) is 3.25. The highest BCUT2D eigenvalue weighted by Gasteiger charge is 2.16. The van der Waals surface area contributed by atoms with E-state index in [2.05, 4.69) is 32.9 Å². The molecule has 0 heterocycles. The van der Waals surface area contributed by atoms with Crippen LogP contribution in [-0.4, -0.2) is 5.78 Å². The van der Waals surface area contributed by atoms with Crippen LogP contribution < -0.4 is 0 Å². The van der Waals surface area contributed by atoms with Gasteiger partial charge in [0.15, 0.2) is 5.78 Å². The summed E-state index contributed by atoms with van der Waals surface area (Å²) in [6.45, 7) is 6.32. The second-order valence-corrected chi connectivity index (χ2v) is 6.01. The van der Waals surface area contributed by atoms with Crippen molar-refractivity contribution in [1.29, 1.82) is 0 Å². The molecule has 114 valence electrons. The van der Waals surface area contributed by atoms with E-state index in [1.165, 1.54) is 16.7 Å². The van der Waals surface area contributed by atoms with Crippen molar-refractivity contribution in [3.8, 4) is 11.1 Å². The number of carbonyl (C=O) groups is 1. The van der Waals surface area contributed by atoms with Gasteiger partial charge in [0.1, 0.15) is 0 Å². The fraction of sp³-hybridized carbons (Fsp3) is 0.136. The Morgan fingerprint density at radius 1 is 0.739 bits per heavy atom. The van der Waals surface area contributed by atoms with Gasteiger partial charge in [-0.15, -0.1) is 0 Å². The monoisotopic (exact) mass is 300 g/mol. The standard InChI is InChI=1S/C22H20O/c1-15-13-16(2)21(17(3)14-15)19-11-7-8-12-20(19)22(23)18-9-5-4-6-10-18/h4-14H,1-3H3. The molecular weight excluding hydrogens is 280 g/mol. The zero-order valence-electron chi connectivity index (χ0n) is 13.8. The second kappa shape index (κ2) is 6.21. The maximum atomic E-state index is 12.9. The molecule has 0 atom stereocenters. The number of rotatable bonds is 3. The molecule has 0 aliphatic rings. The summed E-state index contributed by atoms with van der Waals surface area (Å²) in [5, 5.41) is 0. The molecule has 0 bridgehead atoms. The van der Waals surface area contributed by atoms with Gasteiger partial charge in [-0.1, -0.05) is 72.3 Å². The fourth-order valence-corrected chi connectivity index (χ4v) is 3.25. The van der Waals surface area contributed by atoms with Gasteiger partial charge in [-0.3, -0.25) is 4.79 Å². The lowest BCUT2D eigenvalue weighted by atomic mass is 9.88. The van der Waals surface area contributed by atoms with Crippen molar-refractivity contribution in [2.45, 2.75) is 20.8 Å². The van der Waals surface area contributed by atoms with Crippen LogP contribution in [0.1, 0.15) is 32.6 Å². The van der Waals surface area contributed by atoms with Crippen molar-refractivity contribution in [1.82, 2.24) is 0 Å². The zero-order valence-corrected chi connectivity index (χ0v) is 13.8. The lowest BCUT2D eigenvalue weighted by Crippen LogP contribution is -2.04. The molecule has 3 aromatic carbocycles. The Labute approximate surface area is 137 Å². The molecule has 3 rings (SSSR count). The second-order valence-electron chi connectivity index (χ2n) is 6.01. The van der Waals surface area contributed by atoms with Crippen molar-refractivity contribution < 1.29 is 4.79 Å². The highest BCUT2D eigenvalue weighted by molar-refractivity contribution is 6.13. The molecule has 0 amide bonds. The van der Waals surface area contributed by atoms with Gasteiger partial charge < -0.3 is 0 Å². The number of aryl methyl sites for hydroxylation is 3. The third kappa shape index (κ3) is 2.95. The Kier molecular flexibility index (Phi) is 4.12. The highest BCUT2D eigenvalue weighted by atomic mass is 16.1. The average molecular weight is 300 g/mol. The normalized spacial score (nSPS) is 10.6. The number of benzene rings is 3. The zero-order chi connectivity index (χ0) is 16.4. The predicted molar refractivity (Wildman–Crippen MR) is 96.0 cm³/mol. The van der Waals surface area contributed by atoms with Crippen molar-refractivity contribution in [2.24, 2.45) is 0 Å². The highest BCUT2D eigenvalue weighted by Crippen LogP contribution is 2.32. The predicted octanol–water partition coefficient (Wildman–Crippen LogP) is 5.51. The summed E-state index contributed by atoms with van der Waals surface area (Å²) in [6, 6.07) is 21.7. The maximum Gasteiger partial charge on any atom is 0.193 e. The van der Waals surface area contributed by atoms with Gasteiger partial charge in [-0.2, -0.15) is 0 Å². The average Bonchev–Trinajstić information content (AvgIpc) is 2.54. The van der Waals surface area contributed by atoms with Crippen LogP contribution >= 0.6 is 0 Å². The van der Waals surface area contributed by atoms with E-state index in [4.69, 9.17) is 0 Å². The number of hydrogen-bond donors (Lipinski definition) is 0. The van der Waals surface area contributed by atoms with Crippen molar-refractivity contribution >= 4 is 5.78 Å². The molecule has 0 unspecified atom stereocenters. The molecular formula is C22H20O. The van der Waals surface area contributed by atoms with E-state index in [-0.39, 0.29) is 5.78 Å². The van der Waals surface area contributed by atoms with E-state index in [0.717, 1.165) is 22.3 Å². The summed E-state index contributed by atoms with van der Waals surface area (Å²) in [4.78, 5) is 12.9. The van der Waals surface area contributed by atoms with E-state index in [1.54, 1.807) is 0 Å². The summed E-state index contributed by atoms with van der Waals surface area (Å²) < 4.78 is 0. The van der Waals surface area contributed by atoms with E-state index in [9.17, 15) is 4.79 Å². The van der Waals surface area contributed by atoms with Gasteiger partial charge >= 0.3 is 0 Å². The Bertz CT molecular complexity index is 837. The Balaban J connectivity index is 2.19. The summed E-state index contributed by atoms with van der Waals surface area (Å²) in [6.07, 6.45) is 0. The SMILES string of the molecule is Cc1cc(C)c(-c2ccccc2C(=O)c2ccccc2)c(C)c1. The first-order valence-corrected chi connectivity index (χ1v) is 7.85. The van der Waals surface area contributed by atoms with Crippen LogP contribution in [0.3, 0.4) is 0 Å². The number of carbonyl (C=O) groups excluding carboxylic acids is 1. The smallest absolute Gasteiger partial charge is 0.193 e. The first-order chi connectivity index (χ1) is 11.1. The van der Waals surface area contributed by atoms with E-state index in [0.29, 0.717) is 0 Å². The van der Waals surface area contributed by atoms with Crippen LogP contribution in [0.25, 0.3) is 11.1 Å². The van der Waals surface area contributed by atoms with Crippen LogP contribution in [-0.2, 0) is 0 Å². The van der Waals surface area contributed by atoms with Crippen molar-refractivity contribution in [3.63, 3.8) is 0 Å². The maximum absolute atomic E-state index is 12.9. The van der Waals surface area contributed by atoms with Gasteiger partial charge in [-0.25, -0.2) is 0 Å². The Morgan fingerprint density at radius 2 is 1.30 bits per heavy atom. The minimum Gasteiger partial charge on any atom is -0.289 e. The molecule has 0 saturated carbocycles. The quantitative estimate of drug-likeness (QED) is 0.583. The van der Waals surface area contributed by atoms with E-state index in [1.807, 2.05) is 54.6 Å². The number of ketones is 1. The summed E-state index contributed by atoms with van der Waals surface area (Å²) in [5.41, 5.74) is 7.31. The van der Waals surface area contributed by atoms with E-state index >= 15 is 0 Å². The van der Waals surface area contributed by atoms with Gasteiger partial charge in [-0.05, 0) is 43.0 Å². The van der Waals surface area contributed by atoms with Crippen LogP contribution in [0.2, 0.25) is 0 Å². The third-order valence-electron chi connectivity index (χ3n) is 4.15. The summed E-state index contributed by atoms with van der Waals surface area (Å²) in [5.74, 6) is 0.0700. The molecule has 3 aromatic rings. The first kappa shape index (κ1) is 15.2. The molecule has 0 spiro atoms. The molecule has 23 heavy (non-hydrogen) atoms. The summed E-state index contributed by atoms with van der Waals surface area (Å²) in [7, 11) is 0. The van der Waals surface area contributed by atoms with Gasteiger partial charge in [0.05, 0.1) is 0 Å². The molecule has 1 heteroatoms. The minimum atomic E-state index is 0.0700. The van der Waals surface area contributed by atoms with Crippen LogP contribution in [0, 0.1) is 20.8 Å². The Morgan fingerprint density at radius 3 is 1.96 bits per heavy atom. The number of hydrogen-bond acceptors (Lipinski definition) is 1. The molecule has 0 aliphatic heterocycles. The first-order valence-electron chi connectivity index (χ1n) is 7.85. The van der Waals surface area contributed by atoms with Crippen LogP contribution in [0.5, 0.6) is 0 Å². The third-order valence-corrected chi connectivity index (χ3v) is 4.15. The molecule has 0 aromatic heterocycles. The lowest BCUT2D eigenvalue weighted by molar-refractivity contribution is 0.103. The lowest BCUT2D eigenvalue weighted by Gasteiger charge is -2.15. The molecule has 0 radical (unpaired) electrons. The molecule has 0 N–H and O–H groups in total. The van der Waals surface area contributed by atoms with Crippen molar-refractivity contribution in [2.75, 3.05) is 0 Å². The van der Waals surface area contributed by atoms with Gasteiger partial charge in [0.25, 0.3) is 0 Å². The molecule has 0 aliphatic carbocycles. The van der Waals surface area contributed by atoms with Crippen LogP contribution in [0.4, 0.5) is 0 Å².